The van der Waals surface area contributed by atoms with E-state index in [1.165, 1.54) is 12.3 Å². The smallest absolute Gasteiger partial charge is 0.141 e. The molecule has 1 unspecified atom stereocenters. The highest BCUT2D eigenvalue weighted by Crippen LogP contribution is 2.44. The molecule has 0 spiro atoms. The molecule has 1 N–H and O–H groups in total. The molecule has 3 nitrogen and oxygen atoms in total. The number of halogens is 1. The Kier molecular flexibility index (Phi) is 2.71. The van der Waals surface area contributed by atoms with Crippen LogP contribution in [-0.4, -0.2) is 22.8 Å². The largest absolute Gasteiger partial charge is 0.385 e. The quantitative estimate of drug-likeness (QED) is 0.829. The Hall–Kier alpha value is -1.00. The molecule has 1 aromatic heterocycles. The summed E-state index contributed by atoms with van der Waals surface area (Å²) in [7, 11) is 1.58. The molecular weight excluding hydrogens is 197 g/mol. The van der Waals surface area contributed by atoms with Gasteiger partial charge in [-0.1, -0.05) is 0 Å². The van der Waals surface area contributed by atoms with Gasteiger partial charge in [0, 0.05) is 18.9 Å². The number of aliphatic hydroxyl groups excluding tert-OH is 1. The van der Waals surface area contributed by atoms with Gasteiger partial charge in [0.15, 0.2) is 0 Å². The van der Waals surface area contributed by atoms with E-state index < -0.39 is 17.5 Å². The van der Waals surface area contributed by atoms with Gasteiger partial charge in [-0.25, -0.2) is 4.39 Å². The number of hydrogen-bond acceptors (Lipinski definition) is 3. The van der Waals surface area contributed by atoms with E-state index in [1.54, 1.807) is 7.11 Å². The number of nitrogens with zero attached hydrogens (tertiary/aromatic N) is 1. The second kappa shape index (κ2) is 3.87. The van der Waals surface area contributed by atoms with Gasteiger partial charge in [-0.15, -0.1) is 0 Å². The first kappa shape index (κ1) is 10.5. The molecule has 0 aromatic carbocycles. The minimum atomic E-state index is -0.792. The van der Waals surface area contributed by atoms with Crippen molar-refractivity contribution in [1.29, 1.82) is 0 Å². The van der Waals surface area contributed by atoms with E-state index >= 15 is 0 Å². The van der Waals surface area contributed by atoms with Crippen LogP contribution in [0.2, 0.25) is 0 Å². The maximum Gasteiger partial charge on any atom is 0.141 e. The maximum absolute atomic E-state index is 12.9. The summed E-state index contributed by atoms with van der Waals surface area (Å²) in [5.74, 6) is -0.433. The summed E-state index contributed by atoms with van der Waals surface area (Å²) in [5, 5.41) is 10.1. The van der Waals surface area contributed by atoms with Gasteiger partial charge in [0.25, 0.3) is 0 Å². The summed E-state index contributed by atoms with van der Waals surface area (Å²) in [4.78, 5) is 3.72. The Bertz CT molecular complexity index is 347. The van der Waals surface area contributed by atoms with Crippen LogP contribution in [0.1, 0.15) is 30.9 Å². The predicted octanol–water partition coefficient (Wildman–Crippen LogP) is 1.82. The molecule has 0 amide bonds. The van der Waals surface area contributed by atoms with Crippen LogP contribution in [0.5, 0.6) is 0 Å². The molecule has 1 aromatic rings. The molecule has 1 aliphatic rings. The predicted molar refractivity (Wildman–Crippen MR) is 52.7 cm³/mol. The highest BCUT2D eigenvalue weighted by atomic mass is 19.1. The van der Waals surface area contributed by atoms with Crippen LogP contribution in [0.3, 0.4) is 0 Å². The van der Waals surface area contributed by atoms with E-state index in [2.05, 4.69) is 4.98 Å². The summed E-state index contributed by atoms with van der Waals surface area (Å²) in [6, 6.07) is 1.30. The summed E-state index contributed by atoms with van der Waals surface area (Å²) in [6.45, 7) is 0. The second-order valence-corrected chi connectivity index (χ2v) is 3.96. The lowest BCUT2D eigenvalue weighted by atomic mass is 9.74. The van der Waals surface area contributed by atoms with Gasteiger partial charge >= 0.3 is 0 Å². The Labute approximate surface area is 87.9 Å². The minimum absolute atomic E-state index is 0.433. The Morgan fingerprint density at radius 2 is 2.27 bits per heavy atom. The third-order valence-electron chi connectivity index (χ3n) is 3.15. The van der Waals surface area contributed by atoms with Gasteiger partial charge in [-0.3, -0.25) is 4.98 Å². The van der Waals surface area contributed by atoms with E-state index in [0.717, 1.165) is 25.5 Å². The van der Waals surface area contributed by atoms with E-state index in [4.69, 9.17) is 4.74 Å². The number of ether oxygens (including phenoxy) is 1. The zero-order chi connectivity index (χ0) is 10.9. The molecular formula is C11H14FNO2. The van der Waals surface area contributed by atoms with Crippen molar-refractivity contribution in [2.45, 2.75) is 31.0 Å². The van der Waals surface area contributed by atoms with E-state index in [1.807, 2.05) is 0 Å². The van der Waals surface area contributed by atoms with Gasteiger partial charge in [-0.2, -0.15) is 0 Å². The normalized spacial score (nSPS) is 20.7. The first-order chi connectivity index (χ1) is 7.18. The first-order valence-corrected chi connectivity index (χ1v) is 5.02. The number of aliphatic hydroxyl groups is 1. The molecule has 0 radical (unpaired) electrons. The monoisotopic (exact) mass is 211 g/mol. The van der Waals surface area contributed by atoms with Crippen LogP contribution in [0.25, 0.3) is 0 Å². The number of aromatic nitrogens is 1. The fourth-order valence-electron chi connectivity index (χ4n) is 2.00. The van der Waals surface area contributed by atoms with Crippen LogP contribution >= 0.6 is 0 Å². The Morgan fingerprint density at radius 1 is 1.53 bits per heavy atom. The zero-order valence-corrected chi connectivity index (χ0v) is 8.61. The highest BCUT2D eigenvalue weighted by Gasteiger charge is 2.44. The SMILES string of the molecule is COC1(C(O)c2cncc(F)c2)CCC1. The van der Waals surface area contributed by atoms with E-state index in [0.29, 0.717) is 5.56 Å². The maximum atomic E-state index is 12.9. The van der Waals surface area contributed by atoms with Crippen LogP contribution < -0.4 is 0 Å². The molecule has 15 heavy (non-hydrogen) atoms. The van der Waals surface area contributed by atoms with Gasteiger partial charge < -0.3 is 9.84 Å². The Balaban J connectivity index is 2.23. The molecule has 1 atom stereocenters. The molecule has 1 heterocycles. The molecule has 4 heteroatoms. The summed E-state index contributed by atoms with van der Waals surface area (Å²) >= 11 is 0. The summed E-state index contributed by atoms with van der Waals surface area (Å²) < 4.78 is 18.3. The fourth-order valence-corrected chi connectivity index (χ4v) is 2.00. The molecule has 1 aliphatic carbocycles. The molecule has 0 saturated heterocycles. The standard InChI is InChI=1S/C11H14FNO2/c1-15-11(3-2-4-11)10(14)8-5-9(12)7-13-6-8/h5-7,10,14H,2-4H2,1H3. The zero-order valence-electron chi connectivity index (χ0n) is 8.61. The first-order valence-electron chi connectivity index (χ1n) is 5.02. The van der Waals surface area contributed by atoms with Crippen molar-refractivity contribution < 1.29 is 14.2 Å². The molecule has 0 bridgehead atoms. The average molecular weight is 211 g/mol. The van der Waals surface area contributed by atoms with Crippen LogP contribution in [0.15, 0.2) is 18.5 Å². The van der Waals surface area contributed by atoms with Gasteiger partial charge in [0.05, 0.1) is 11.8 Å². The van der Waals surface area contributed by atoms with Crippen molar-refractivity contribution in [2.24, 2.45) is 0 Å². The van der Waals surface area contributed by atoms with Crippen molar-refractivity contribution in [3.8, 4) is 0 Å². The van der Waals surface area contributed by atoms with Gasteiger partial charge in [0.2, 0.25) is 0 Å². The lowest BCUT2D eigenvalue weighted by molar-refractivity contribution is -0.152. The van der Waals surface area contributed by atoms with Crippen molar-refractivity contribution >= 4 is 0 Å². The minimum Gasteiger partial charge on any atom is -0.385 e. The van der Waals surface area contributed by atoms with Gasteiger partial charge in [-0.05, 0) is 25.3 Å². The lowest BCUT2D eigenvalue weighted by Crippen LogP contribution is -2.45. The molecule has 2 rings (SSSR count). The molecule has 82 valence electrons. The average Bonchev–Trinajstić information content (AvgIpc) is 2.17. The van der Waals surface area contributed by atoms with Crippen molar-refractivity contribution in [3.05, 3.63) is 29.8 Å². The molecule has 1 saturated carbocycles. The highest BCUT2D eigenvalue weighted by molar-refractivity contribution is 5.18. The molecule has 0 aliphatic heterocycles. The summed E-state index contributed by atoms with van der Waals surface area (Å²) in [5.41, 5.74) is -0.0494. The van der Waals surface area contributed by atoms with E-state index in [-0.39, 0.29) is 0 Å². The lowest BCUT2D eigenvalue weighted by Gasteiger charge is -2.44. The van der Waals surface area contributed by atoms with Crippen molar-refractivity contribution in [2.75, 3.05) is 7.11 Å². The summed E-state index contributed by atoms with van der Waals surface area (Å²) in [6.07, 6.45) is 4.46. The third-order valence-corrected chi connectivity index (χ3v) is 3.15. The van der Waals surface area contributed by atoms with Crippen LogP contribution in [-0.2, 0) is 4.74 Å². The van der Waals surface area contributed by atoms with Crippen molar-refractivity contribution in [1.82, 2.24) is 4.98 Å². The Morgan fingerprint density at radius 3 is 2.73 bits per heavy atom. The molecule has 1 fully saturated rings. The van der Waals surface area contributed by atoms with E-state index in [9.17, 15) is 9.50 Å². The van der Waals surface area contributed by atoms with Gasteiger partial charge in [0.1, 0.15) is 11.9 Å². The van der Waals surface area contributed by atoms with Crippen LogP contribution in [0, 0.1) is 5.82 Å². The number of hydrogen-bond donors (Lipinski definition) is 1. The number of rotatable bonds is 3. The van der Waals surface area contributed by atoms with Crippen LogP contribution in [0.4, 0.5) is 4.39 Å². The fraction of sp³-hybridized carbons (Fsp3) is 0.545. The third kappa shape index (κ3) is 1.75. The second-order valence-electron chi connectivity index (χ2n) is 3.96. The number of pyridine rings is 1. The van der Waals surface area contributed by atoms with Crippen molar-refractivity contribution in [3.63, 3.8) is 0 Å². The number of methoxy groups -OCH3 is 1. The topological polar surface area (TPSA) is 42.4 Å².